The van der Waals surface area contributed by atoms with Crippen LogP contribution in [0.3, 0.4) is 0 Å². The van der Waals surface area contributed by atoms with Crippen LogP contribution in [0.5, 0.6) is 11.5 Å². The van der Waals surface area contributed by atoms with E-state index < -0.39 is 16.6 Å². The quantitative estimate of drug-likeness (QED) is 0.634. The fourth-order valence-corrected chi connectivity index (χ4v) is 3.16. The molecule has 2 aromatic carbocycles. The molecular formula is C18H16ClNO4. The monoisotopic (exact) mass is 345 g/mol. The highest BCUT2D eigenvalue weighted by Crippen LogP contribution is 2.43. The second kappa shape index (κ2) is 5.83. The molecule has 0 spiro atoms. The van der Waals surface area contributed by atoms with Crippen LogP contribution in [-0.4, -0.2) is 33.0 Å². The van der Waals surface area contributed by atoms with Crippen LogP contribution in [0.1, 0.15) is 15.9 Å². The molecule has 1 aliphatic heterocycles. The Bertz CT molecular complexity index is 818. The molecular weight excluding hydrogens is 330 g/mol. The standard InChI is InChI=1S/C18H16ClNO4/c1-20-15-10-13(24-3)8-9-14(15)16(21)18(19,17(20)22)11-4-6-12(23-2)7-5-11/h4-10H,1-3H3. The third-order valence-electron chi connectivity index (χ3n) is 4.21. The molecule has 6 heteroatoms. The van der Waals surface area contributed by atoms with Gasteiger partial charge in [0.25, 0.3) is 5.91 Å². The fourth-order valence-electron chi connectivity index (χ4n) is 2.81. The Morgan fingerprint density at radius 2 is 1.54 bits per heavy atom. The van der Waals surface area contributed by atoms with Crippen molar-refractivity contribution in [3.63, 3.8) is 0 Å². The molecule has 124 valence electrons. The molecule has 1 unspecified atom stereocenters. The Kier molecular flexibility index (Phi) is 3.97. The van der Waals surface area contributed by atoms with Crippen molar-refractivity contribution >= 4 is 29.0 Å². The number of fused-ring (bicyclic) bond motifs is 1. The minimum atomic E-state index is -1.79. The molecule has 0 bridgehead atoms. The summed E-state index contributed by atoms with van der Waals surface area (Å²) in [5.74, 6) is 0.233. The normalized spacial score (nSPS) is 19.9. The Hall–Kier alpha value is -2.53. The zero-order valence-corrected chi connectivity index (χ0v) is 14.3. The molecule has 0 aliphatic carbocycles. The summed E-state index contributed by atoms with van der Waals surface area (Å²) < 4.78 is 10.3. The lowest BCUT2D eigenvalue weighted by molar-refractivity contribution is -0.120. The van der Waals surface area contributed by atoms with Gasteiger partial charge in [-0.25, -0.2) is 0 Å². The number of hydrogen-bond acceptors (Lipinski definition) is 4. The minimum absolute atomic E-state index is 0.378. The zero-order chi connectivity index (χ0) is 17.5. The Morgan fingerprint density at radius 3 is 2.12 bits per heavy atom. The van der Waals surface area contributed by atoms with E-state index in [2.05, 4.69) is 0 Å². The summed E-state index contributed by atoms with van der Waals surface area (Å²) in [4.78, 5) is 25.5. The van der Waals surface area contributed by atoms with E-state index in [1.165, 1.54) is 12.0 Å². The van der Waals surface area contributed by atoms with E-state index in [-0.39, 0.29) is 0 Å². The Labute approximate surface area is 144 Å². The number of carbonyl (C=O) groups is 2. The largest absolute Gasteiger partial charge is 0.497 e. The van der Waals surface area contributed by atoms with Crippen LogP contribution >= 0.6 is 11.6 Å². The number of Topliss-reactive ketones (excluding diaryl/α,β-unsaturated/α-hetero) is 1. The molecule has 1 aliphatic rings. The Morgan fingerprint density at radius 1 is 0.958 bits per heavy atom. The van der Waals surface area contributed by atoms with Gasteiger partial charge in [0.05, 0.1) is 19.9 Å². The summed E-state index contributed by atoms with van der Waals surface area (Å²) in [6.45, 7) is 0. The number of halogens is 1. The average molecular weight is 346 g/mol. The molecule has 0 aromatic heterocycles. The van der Waals surface area contributed by atoms with Crippen molar-refractivity contribution in [2.75, 3.05) is 26.2 Å². The number of rotatable bonds is 3. The van der Waals surface area contributed by atoms with Gasteiger partial charge in [-0.3, -0.25) is 9.59 Å². The Balaban J connectivity index is 2.15. The van der Waals surface area contributed by atoms with Crippen LogP contribution in [0.4, 0.5) is 5.69 Å². The molecule has 1 atom stereocenters. The first-order chi connectivity index (χ1) is 11.4. The average Bonchev–Trinajstić information content (AvgIpc) is 2.64. The van der Waals surface area contributed by atoms with Crippen molar-refractivity contribution in [2.24, 2.45) is 0 Å². The van der Waals surface area contributed by atoms with Crippen LogP contribution in [0.15, 0.2) is 42.5 Å². The van der Waals surface area contributed by atoms with E-state index in [4.69, 9.17) is 21.1 Å². The lowest BCUT2D eigenvalue weighted by atomic mass is 9.84. The molecule has 5 nitrogen and oxygen atoms in total. The summed E-state index contributed by atoms with van der Waals surface area (Å²) in [6, 6.07) is 11.5. The van der Waals surface area contributed by atoms with Crippen LogP contribution in [0.2, 0.25) is 0 Å². The highest BCUT2D eigenvalue weighted by molar-refractivity contribution is 6.51. The van der Waals surface area contributed by atoms with E-state index >= 15 is 0 Å². The predicted octanol–water partition coefficient (Wildman–Crippen LogP) is 3.00. The van der Waals surface area contributed by atoms with E-state index in [0.717, 1.165) is 0 Å². The molecule has 1 heterocycles. The summed E-state index contributed by atoms with van der Waals surface area (Å²) in [7, 11) is 4.66. The van der Waals surface area contributed by atoms with Crippen LogP contribution in [0, 0.1) is 0 Å². The molecule has 0 radical (unpaired) electrons. The summed E-state index contributed by atoms with van der Waals surface area (Å²) in [5, 5.41) is 0. The van der Waals surface area contributed by atoms with Gasteiger partial charge >= 0.3 is 0 Å². The number of ether oxygens (including phenoxy) is 2. The van der Waals surface area contributed by atoms with Crippen molar-refractivity contribution in [1.82, 2.24) is 0 Å². The van der Waals surface area contributed by atoms with Gasteiger partial charge < -0.3 is 14.4 Å². The van der Waals surface area contributed by atoms with Gasteiger partial charge in [-0.2, -0.15) is 0 Å². The number of ketones is 1. The first-order valence-electron chi connectivity index (χ1n) is 7.28. The number of methoxy groups -OCH3 is 2. The molecule has 1 amide bonds. The van der Waals surface area contributed by atoms with E-state index in [0.29, 0.717) is 28.3 Å². The molecule has 0 N–H and O–H groups in total. The maximum absolute atomic E-state index is 13.0. The highest BCUT2D eigenvalue weighted by Gasteiger charge is 2.52. The van der Waals surface area contributed by atoms with Gasteiger partial charge in [0.15, 0.2) is 5.78 Å². The summed E-state index contributed by atoms with van der Waals surface area (Å²) >= 11 is 6.58. The van der Waals surface area contributed by atoms with Gasteiger partial charge in [-0.05, 0) is 29.8 Å². The van der Waals surface area contributed by atoms with Crippen molar-refractivity contribution in [3.8, 4) is 11.5 Å². The summed E-state index contributed by atoms with van der Waals surface area (Å²) in [5.41, 5.74) is 1.27. The van der Waals surface area contributed by atoms with Crippen LogP contribution in [-0.2, 0) is 9.67 Å². The topological polar surface area (TPSA) is 55.8 Å². The van der Waals surface area contributed by atoms with Crippen molar-refractivity contribution in [1.29, 1.82) is 0 Å². The number of anilines is 1. The number of benzene rings is 2. The first kappa shape index (κ1) is 16.3. The highest BCUT2D eigenvalue weighted by atomic mass is 35.5. The molecule has 0 fully saturated rings. The zero-order valence-electron chi connectivity index (χ0n) is 13.5. The van der Waals surface area contributed by atoms with Crippen molar-refractivity contribution in [3.05, 3.63) is 53.6 Å². The van der Waals surface area contributed by atoms with Gasteiger partial charge in [-0.1, -0.05) is 23.7 Å². The van der Waals surface area contributed by atoms with Gasteiger partial charge in [-0.15, -0.1) is 0 Å². The molecule has 3 rings (SSSR count). The molecule has 24 heavy (non-hydrogen) atoms. The maximum atomic E-state index is 13.0. The van der Waals surface area contributed by atoms with E-state index in [1.54, 1.807) is 56.6 Å². The van der Waals surface area contributed by atoms with E-state index in [1.807, 2.05) is 0 Å². The first-order valence-corrected chi connectivity index (χ1v) is 7.65. The second-order valence-electron chi connectivity index (χ2n) is 5.46. The maximum Gasteiger partial charge on any atom is 0.260 e. The number of carbonyl (C=O) groups excluding carboxylic acids is 2. The van der Waals surface area contributed by atoms with Gasteiger partial charge in [0.1, 0.15) is 11.5 Å². The van der Waals surface area contributed by atoms with Crippen molar-refractivity contribution < 1.29 is 19.1 Å². The van der Waals surface area contributed by atoms with Crippen LogP contribution < -0.4 is 14.4 Å². The third-order valence-corrected chi connectivity index (χ3v) is 4.76. The number of alkyl halides is 1. The third kappa shape index (κ3) is 2.24. The lowest BCUT2D eigenvalue weighted by Gasteiger charge is -2.36. The smallest absolute Gasteiger partial charge is 0.260 e. The van der Waals surface area contributed by atoms with Gasteiger partial charge in [0, 0.05) is 18.7 Å². The van der Waals surface area contributed by atoms with Crippen molar-refractivity contribution in [2.45, 2.75) is 4.87 Å². The number of hydrogen-bond donors (Lipinski definition) is 0. The number of nitrogens with zero attached hydrogens (tertiary/aromatic N) is 1. The SMILES string of the molecule is COc1ccc(C2(Cl)C(=O)c3ccc(OC)cc3N(C)C2=O)cc1. The molecule has 0 saturated carbocycles. The predicted molar refractivity (Wildman–Crippen MR) is 91.3 cm³/mol. The van der Waals surface area contributed by atoms with Gasteiger partial charge in [0.2, 0.25) is 4.87 Å². The number of amides is 1. The fraction of sp³-hybridized carbons (Fsp3) is 0.222. The lowest BCUT2D eigenvalue weighted by Crippen LogP contribution is -2.51. The summed E-state index contributed by atoms with van der Waals surface area (Å²) in [6.07, 6.45) is 0. The second-order valence-corrected chi connectivity index (χ2v) is 6.03. The molecule has 2 aromatic rings. The number of likely N-dealkylation sites (N-methyl/N-ethyl adjacent to an activating group) is 1. The minimum Gasteiger partial charge on any atom is -0.497 e. The molecule has 0 saturated heterocycles. The van der Waals surface area contributed by atoms with E-state index in [9.17, 15) is 9.59 Å². The van der Waals surface area contributed by atoms with Crippen LogP contribution in [0.25, 0.3) is 0 Å².